The molecular weight excluding hydrogens is 226 g/mol. The third kappa shape index (κ3) is 3.43. The molecule has 2 N–H and O–H groups in total. The Balaban J connectivity index is 1.81. The molecule has 18 heavy (non-hydrogen) atoms. The predicted molar refractivity (Wildman–Crippen MR) is 73.4 cm³/mol. The summed E-state index contributed by atoms with van der Waals surface area (Å²) < 4.78 is 5.53. The average Bonchev–Trinajstić information content (AvgIpc) is 2.39. The first-order chi connectivity index (χ1) is 8.69. The number of likely N-dealkylation sites (tertiary alicyclic amines) is 1. The quantitative estimate of drug-likeness (QED) is 0.880. The van der Waals surface area contributed by atoms with Crippen LogP contribution in [0.3, 0.4) is 0 Å². The van der Waals surface area contributed by atoms with Gasteiger partial charge in [0.15, 0.2) is 0 Å². The maximum Gasteiger partial charge on any atom is 0.0724 e. The van der Waals surface area contributed by atoms with Crippen LogP contribution in [0.5, 0.6) is 0 Å². The molecule has 4 heteroatoms. The molecule has 1 aliphatic rings. The molecule has 2 heterocycles. The molecule has 2 atom stereocenters. The summed E-state index contributed by atoms with van der Waals surface area (Å²) in [5, 5.41) is 0. The number of hydrogen-bond donors (Lipinski definition) is 1. The summed E-state index contributed by atoms with van der Waals surface area (Å²) in [6, 6.07) is 3.92. The van der Waals surface area contributed by atoms with Gasteiger partial charge in [-0.25, -0.2) is 0 Å². The number of pyridine rings is 1. The summed E-state index contributed by atoms with van der Waals surface area (Å²) in [5.41, 5.74) is 7.46. The summed E-state index contributed by atoms with van der Waals surface area (Å²) >= 11 is 0. The number of nitrogen functional groups attached to an aromatic ring is 1. The van der Waals surface area contributed by atoms with Gasteiger partial charge in [-0.1, -0.05) is 6.92 Å². The van der Waals surface area contributed by atoms with Crippen LogP contribution in [-0.2, 0) is 11.2 Å². The lowest BCUT2D eigenvalue weighted by atomic mass is 9.95. The highest BCUT2D eigenvalue weighted by Crippen LogP contribution is 2.19. The number of ether oxygens (including phenoxy) is 1. The minimum atomic E-state index is 0.373. The van der Waals surface area contributed by atoms with Crippen LogP contribution in [0.15, 0.2) is 18.3 Å². The molecule has 1 saturated heterocycles. The third-order valence-electron chi connectivity index (χ3n) is 3.81. The lowest BCUT2D eigenvalue weighted by molar-refractivity contribution is -0.00453. The molecule has 100 valence electrons. The van der Waals surface area contributed by atoms with Crippen LogP contribution in [0.4, 0.5) is 5.69 Å². The number of nitrogens with zero attached hydrogens (tertiary/aromatic N) is 2. The van der Waals surface area contributed by atoms with E-state index < -0.39 is 0 Å². The molecule has 0 saturated carbocycles. The zero-order chi connectivity index (χ0) is 13.0. The number of anilines is 1. The van der Waals surface area contributed by atoms with E-state index >= 15 is 0 Å². The average molecular weight is 249 g/mol. The van der Waals surface area contributed by atoms with Crippen molar-refractivity contribution >= 4 is 5.69 Å². The lowest BCUT2D eigenvalue weighted by Gasteiger charge is -2.36. The van der Waals surface area contributed by atoms with Gasteiger partial charge in [0, 0.05) is 32.3 Å². The van der Waals surface area contributed by atoms with Crippen LogP contribution in [0, 0.1) is 5.92 Å². The number of hydrogen-bond acceptors (Lipinski definition) is 4. The lowest BCUT2D eigenvalue weighted by Crippen LogP contribution is -2.44. The van der Waals surface area contributed by atoms with E-state index in [4.69, 9.17) is 10.5 Å². The Morgan fingerprint density at radius 3 is 3.00 bits per heavy atom. The summed E-state index contributed by atoms with van der Waals surface area (Å²) in [7, 11) is 1.81. The number of piperidine rings is 1. The Morgan fingerprint density at radius 1 is 1.50 bits per heavy atom. The van der Waals surface area contributed by atoms with Gasteiger partial charge in [0.05, 0.1) is 18.0 Å². The van der Waals surface area contributed by atoms with Crippen LogP contribution in [0.25, 0.3) is 0 Å². The highest BCUT2D eigenvalue weighted by Gasteiger charge is 2.25. The molecule has 4 nitrogen and oxygen atoms in total. The van der Waals surface area contributed by atoms with E-state index in [0.717, 1.165) is 37.4 Å². The molecule has 1 aromatic heterocycles. The van der Waals surface area contributed by atoms with Gasteiger partial charge in [0.1, 0.15) is 0 Å². The fourth-order valence-electron chi connectivity index (χ4n) is 2.46. The minimum absolute atomic E-state index is 0.373. The molecule has 0 amide bonds. The molecule has 0 spiro atoms. The third-order valence-corrected chi connectivity index (χ3v) is 3.81. The second-order valence-electron chi connectivity index (χ2n) is 5.17. The summed E-state index contributed by atoms with van der Waals surface area (Å²) in [5.74, 6) is 0.667. The van der Waals surface area contributed by atoms with Gasteiger partial charge in [0.25, 0.3) is 0 Å². The first kappa shape index (κ1) is 13.3. The fraction of sp³-hybridized carbons (Fsp3) is 0.643. The van der Waals surface area contributed by atoms with Gasteiger partial charge in [-0.05, 0) is 31.0 Å². The Bertz CT molecular complexity index is 366. The topological polar surface area (TPSA) is 51.4 Å². The van der Waals surface area contributed by atoms with Gasteiger partial charge in [0.2, 0.25) is 0 Å². The van der Waals surface area contributed by atoms with E-state index in [1.54, 1.807) is 6.20 Å². The second-order valence-corrected chi connectivity index (χ2v) is 5.17. The van der Waals surface area contributed by atoms with E-state index in [2.05, 4.69) is 16.8 Å². The maximum atomic E-state index is 5.63. The van der Waals surface area contributed by atoms with E-state index in [1.807, 2.05) is 19.2 Å². The normalized spacial score (nSPS) is 25.2. The van der Waals surface area contributed by atoms with E-state index in [1.165, 1.54) is 6.42 Å². The second kappa shape index (κ2) is 6.16. The molecule has 1 aromatic rings. The minimum Gasteiger partial charge on any atom is -0.397 e. The van der Waals surface area contributed by atoms with Gasteiger partial charge in [-0.15, -0.1) is 0 Å². The van der Waals surface area contributed by atoms with E-state index in [-0.39, 0.29) is 0 Å². The molecule has 0 bridgehead atoms. The molecule has 0 aliphatic carbocycles. The Labute approximate surface area is 109 Å². The van der Waals surface area contributed by atoms with Crippen molar-refractivity contribution in [3.05, 3.63) is 24.0 Å². The van der Waals surface area contributed by atoms with Crippen LogP contribution >= 0.6 is 0 Å². The van der Waals surface area contributed by atoms with Gasteiger partial charge in [-0.2, -0.15) is 0 Å². The zero-order valence-corrected chi connectivity index (χ0v) is 11.3. The molecule has 2 rings (SSSR count). The number of methoxy groups -OCH3 is 1. The molecule has 1 fully saturated rings. The van der Waals surface area contributed by atoms with Crippen molar-refractivity contribution in [1.82, 2.24) is 9.88 Å². The van der Waals surface area contributed by atoms with Gasteiger partial charge < -0.3 is 15.4 Å². The van der Waals surface area contributed by atoms with Crippen molar-refractivity contribution in [1.29, 1.82) is 0 Å². The Morgan fingerprint density at radius 2 is 2.33 bits per heavy atom. The van der Waals surface area contributed by atoms with Crippen molar-refractivity contribution in [3.63, 3.8) is 0 Å². The first-order valence-corrected chi connectivity index (χ1v) is 6.64. The number of rotatable bonds is 4. The monoisotopic (exact) mass is 249 g/mol. The summed E-state index contributed by atoms with van der Waals surface area (Å²) in [4.78, 5) is 6.80. The van der Waals surface area contributed by atoms with Crippen LogP contribution in [-0.4, -0.2) is 42.7 Å². The van der Waals surface area contributed by atoms with E-state index in [0.29, 0.717) is 12.0 Å². The molecule has 2 unspecified atom stereocenters. The number of nitrogens with two attached hydrogens (primary N) is 1. The highest BCUT2D eigenvalue weighted by molar-refractivity contribution is 5.34. The highest BCUT2D eigenvalue weighted by atomic mass is 16.5. The maximum absolute atomic E-state index is 5.63. The number of aromatic nitrogens is 1. The predicted octanol–water partition coefficient (Wildman–Crippen LogP) is 1.56. The first-order valence-electron chi connectivity index (χ1n) is 6.64. The summed E-state index contributed by atoms with van der Waals surface area (Å²) in [6.45, 7) is 5.51. The standard InChI is InChI=1S/C14H23N3O/c1-11-5-7-17(10-14(11)18-2)8-6-13-4-3-12(15)9-16-13/h3-4,9,11,14H,5-8,10,15H2,1-2H3. The van der Waals surface area contributed by atoms with Crippen LogP contribution < -0.4 is 5.73 Å². The van der Waals surface area contributed by atoms with Gasteiger partial charge >= 0.3 is 0 Å². The molecule has 1 aliphatic heterocycles. The van der Waals surface area contributed by atoms with Gasteiger partial charge in [-0.3, -0.25) is 4.98 Å². The SMILES string of the molecule is COC1CN(CCc2ccc(N)cn2)CCC1C. The van der Waals surface area contributed by atoms with Crippen LogP contribution in [0.1, 0.15) is 19.0 Å². The Kier molecular flexibility index (Phi) is 4.55. The van der Waals surface area contributed by atoms with E-state index in [9.17, 15) is 0 Å². The van der Waals surface area contributed by atoms with Crippen molar-refractivity contribution in [2.75, 3.05) is 32.5 Å². The molecule has 0 radical (unpaired) electrons. The van der Waals surface area contributed by atoms with Crippen molar-refractivity contribution in [3.8, 4) is 0 Å². The smallest absolute Gasteiger partial charge is 0.0724 e. The van der Waals surface area contributed by atoms with Crippen molar-refractivity contribution in [2.45, 2.75) is 25.9 Å². The largest absolute Gasteiger partial charge is 0.397 e. The molecular formula is C14H23N3O. The zero-order valence-electron chi connectivity index (χ0n) is 11.3. The van der Waals surface area contributed by atoms with Crippen molar-refractivity contribution < 1.29 is 4.74 Å². The van der Waals surface area contributed by atoms with Crippen LogP contribution in [0.2, 0.25) is 0 Å². The van der Waals surface area contributed by atoms with Crippen molar-refractivity contribution in [2.24, 2.45) is 5.92 Å². The molecule has 0 aromatic carbocycles. The summed E-state index contributed by atoms with van der Waals surface area (Å²) in [6.07, 6.45) is 4.29. The Hall–Kier alpha value is -1.13. The fourth-order valence-corrected chi connectivity index (χ4v) is 2.46.